The van der Waals surface area contributed by atoms with E-state index in [-0.39, 0.29) is 18.2 Å². The number of nitrogens with zero attached hydrogens (tertiary/aromatic N) is 2. The smallest absolute Gasteiger partial charge is 0.340 e. The number of aromatic nitrogens is 2. The highest BCUT2D eigenvalue weighted by Gasteiger charge is 2.20. The number of benzene rings is 1. The Labute approximate surface area is 170 Å². The van der Waals surface area contributed by atoms with Crippen LogP contribution >= 0.6 is 11.3 Å². The Balaban J connectivity index is 1.71. The summed E-state index contributed by atoms with van der Waals surface area (Å²) in [5.74, 6) is -0.0946. The number of hydrogen-bond donors (Lipinski definition) is 1. The first kappa shape index (κ1) is 19.3. The minimum absolute atomic E-state index is 0.0951. The number of carbonyl (C=O) groups is 1. The number of fused-ring (bicyclic) bond motifs is 2. The van der Waals surface area contributed by atoms with E-state index in [1.807, 2.05) is 40.7 Å². The molecule has 3 aromatic heterocycles. The van der Waals surface area contributed by atoms with Gasteiger partial charge in [-0.25, -0.2) is 4.79 Å². The van der Waals surface area contributed by atoms with Crippen molar-refractivity contribution in [3.8, 4) is 0 Å². The van der Waals surface area contributed by atoms with Crippen molar-refractivity contribution in [2.75, 3.05) is 5.32 Å². The van der Waals surface area contributed by atoms with E-state index in [4.69, 9.17) is 8.83 Å². The molecule has 0 saturated carbocycles. The maximum Gasteiger partial charge on any atom is 0.340 e. The molecular formula is C21H21N3O4S. The van der Waals surface area contributed by atoms with Crippen LogP contribution in [-0.4, -0.2) is 16.1 Å². The molecule has 0 fully saturated rings. The Kier molecular flexibility index (Phi) is 4.74. The molecule has 4 rings (SSSR count). The van der Waals surface area contributed by atoms with E-state index in [9.17, 15) is 9.59 Å². The van der Waals surface area contributed by atoms with Gasteiger partial charge in [0, 0.05) is 22.3 Å². The second-order valence-electron chi connectivity index (χ2n) is 7.49. The summed E-state index contributed by atoms with van der Waals surface area (Å²) in [4.78, 5) is 25.2. The number of anilines is 1. The van der Waals surface area contributed by atoms with E-state index >= 15 is 0 Å². The van der Waals surface area contributed by atoms with Crippen molar-refractivity contribution in [3.63, 3.8) is 0 Å². The number of furan rings is 1. The molecule has 29 heavy (non-hydrogen) atoms. The summed E-state index contributed by atoms with van der Waals surface area (Å²) in [5.41, 5.74) is 3.53. The lowest BCUT2D eigenvalue weighted by Gasteiger charge is -2.10. The number of amides is 1. The van der Waals surface area contributed by atoms with Gasteiger partial charge in [-0.2, -0.15) is 0 Å². The van der Waals surface area contributed by atoms with Crippen molar-refractivity contribution in [1.82, 2.24) is 10.2 Å². The molecule has 0 atom stereocenters. The fraction of sp³-hybridized carbons (Fsp3) is 0.333. The third-order valence-electron chi connectivity index (χ3n) is 5.05. The van der Waals surface area contributed by atoms with Crippen molar-refractivity contribution >= 4 is 44.3 Å². The number of rotatable bonds is 4. The monoisotopic (exact) mass is 411 g/mol. The minimum Gasteiger partial charge on any atom is -0.464 e. The Hall–Kier alpha value is -3.00. The molecule has 0 aliphatic heterocycles. The average Bonchev–Trinajstić information content (AvgIpc) is 3.27. The Bertz CT molecular complexity index is 1310. The van der Waals surface area contributed by atoms with Gasteiger partial charge in [0.15, 0.2) is 0 Å². The summed E-state index contributed by atoms with van der Waals surface area (Å²) < 4.78 is 11.2. The molecule has 0 radical (unpaired) electrons. The Morgan fingerprint density at radius 1 is 1.14 bits per heavy atom. The van der Waals surface area contributed by atoms with Gasteiger partial charge in [0.25, 0.3) is 0 Å². The van der Waals surface area contributed by atoms with E-state index in [2.05, 4.69) is 15.5 Å². The molecule has 150 valence electrons. The van der Waals surface area contributed by atoms with E-state index in [1.54, 1.807) is 6.26 Å². The van der Waals surface area contributed by atoms with Crippen LogP contribution in [0, 0.1) is 20.8 Å². The summed E-state index contributed by atoms with van der Waals surface area (Å²) in [6, 6.07) is 1.95. The first-order valence-corrected chi connectivity index (χ1v) is 10.1. The van der Waals surface area contributed by atoms with Crippen LogP contribution in [0.3, 0.4) is 0 Å². The van der Waals surface area contributed by atoms with Gasteiger partial charge in [-0.1, -0.05) is 25.2 Å². The standard InChI is InChI=1S/C21H21N3O4S/c1-9(2)19-23-24-21(29-19)22-16(25)7-15-11(4)14-6-13-10(3)8-27-17(13)12(5)18(14)28-20(15)26/h6,8-9H,7H2,1-5H3,(H,22,24,25). The van der Waals surface area contributed by atoms with Gasteiger partial charge in [-0.05, 0) is 38.0 Å². The topological polar surface area (TPSA) is 98.2 Å². The average molecular weight is 411 g/mol. The molecule has 7 nitrogen and oxygen atoms in total. The first-order chi connectivity index (χ1) is 13.8. The van der Waals surface area contributed by atoms with Crippen molar-refractivity contribution in [3.05, 3.63) is 50.0 Å². The van der Waals surface area contributed by atoms with Gasteiger partial charge in [-0.15, -0.1) is 10.2 Å². The van der Waals surface area contributed by atoms with Gasteiger partial charge in [0.05, 0.1) is 18.2 Å². The minimum atomic E-state index is -0.518. The largest absolute Gasteiger partial charge is 0.464 e. The molecule has 3 heterocycles. The zero-order valence-electron chi connectivity index (χ0n) is 16.9. The van der Waals surface area contributed by atoms with Crippen molar-refractivity contribution in [2.24, 2.45) is 0 Å². The van der Waals surface area contributed by atoms with Gasteiger partial charge < -0.3 is 14.2 Å². The van der Waals surface area contributed by atoms with Crippen LogP contribution in [0.5, 0.6) is 0 Å². The predicted octanol–water partition coefficient (Wildman–Crippen LogP) is 4.62. The van der Waals surface area contributed by atoms with Crippen LogP contribution in [-0.2, 0) is 11.2 Å². The second-order valence-corrected chi connectivity index (χ2v) is 8.50. The fourth-order valence-electron chi connectivity index (χ4n) is 3.37. The second kappa shape index (κ2) is 7.11. The van der Waals surface area contributed by atoms with Crippen molar-refractivity contribution < 1.29 is 13.6 Å². The Morgan fingerprint density at radius 3 is 2.59 bits per heavy atom. The maximum absolute atomic E-state index is 12.6. The van der Waals surface area contributed by atoms with Crippen molar-refractivity contribution in [2.45, 2.75) is 47.0 Å². The van der Waals surface area contributed by atoms with Gasteiger partial charge in [0.1, 0.15) is 16.2 Å². The van der Waals surface area contributed by atoms with Crippen LogP contribution in [0.15, 0.2) is 26.0 Å². The van der Waals surface area contributed by atoms with Gasteiger partial charge in [0.2, 0.25) is 11.0 Å². The lowest BCUT2D eigenvalue weighted by Crippen LogP contribution is -2.20. The zero-order chi connectivity index (χ0) is 20.9. The molecule has 0 unspecified atom stereocenters. The third kappa shape index (κ3) is 3.33. The van der Waals surface area contributed by atoms with Crippen LogP contribution in [0.2, 0.25) is 0 Å². The SMILES string of the molecule is Cc1coc2c(C)c3oc(=O)c(CC(=O)Nc4nnc(C(C)C)s4)c(C)c3cc12. The molecule has 0 bridgehead atoms. The quantitative estimate of drug-likeness (QED) is 0.492. The van der Waals surface area contributed by atoms with Crippen LogP contribution in [0.25, 0.3) is 21.9 Å². The summed E-state index contributed by atoms with van der Waals surface area (Å²) >= 11 is 1.33. The van der Waals surface area contributed by atoms with E-state index < -0.39 is 5.63 Å². The predicted molar refractivity (Wildman–Crippen MR) is 113 cm³/mol. The fourth-order valence-corrected chi connectivity index (χ4v) is 4.13. The van der Waals surface area contributed by atoms with Gasteiger partial charge in [-0.3, -0.25) is 4.79 Å². The lowest BCUT2D eigenvalue weighted by atomic mass is 9.99. The molecule has 1 amide bonds. The lowest BCUT2D eigenvalue weighted by molar-refractivity contribution is -0.115. The van der Waals surface area contributed by atoms with E-state index in [0.29, 0.717) is 21.9 Å². The van der Waals surface area contributed by atoms with E-state index in [1.165, 1.54) is 11.3 Å². The summed E-state index contributed by atoms with van der Waals surface area (Å²) in [6.45, 7) is 9.69. The molecule has 4 aromatic rings. The highest BCUT2D eigenvalue weighted by Crippen LogP contribution is 2.32. The number of hydrogen-bond acceptors (Lipinski definition) is 7. The molecule has 1 aromatic carbocycles. The van der Waals surface area contributed by atoms with Gasteiger partial charge >= 0.3 is 5.63 Å². The molecule has 1 N–H and O–H groups in total. The third-order valence-corrected chi connectivity index (χ3v) is 6.19. The zero-order valence-corrected chi connectivity index (χ0v) is 17.7. The normalized spacial score (nSPS) is 11.7. The molecular weight excluding hydrogens is 390 g/mol. The summed E-state index contributed by atoms with van der Waals surface area (Å²) in [6.07, 6.45) is 1.59. The van der Waals surface area contributed by atoms with Crippen LogP contribution < -0.4 is 10.9 Å². The molecule has 8 heteroatoms. The van der Waals surface area contributed by atoms with E-state index in [0.717, 1.165) is 32.5 Å². The molecule has 0 aliphatic carbocycles. The highest BCUT2D eigenvalue weighted by atomic mass is 32.1. The molecule has 0 spiro atoms. The van der Waals surface area contributed by atoms with Crippen molar-refractivity contribution in [1.29, 1.82) is 0 Å². The molecule has 0 saturated heterocycles. The molecule has 0 aliphatic rings. The number of nitrogens with one attached hydrogen (secondary N) is 1. The number of aryl methyl sites for hydroxylation is 3. The Morgan fingerprint density at radius 2 is 1.90 bits per heavy atom. The number of carbonyl (C=O) groups excluding carboxylic acids is 1. The first-order valence-electron chi connectivity index (χ1n) is 9.33. The maximum atomic E-state index is 12.6. The van der Waals surface area contributed by atoms with Crippen LogP contribution in [0.1, 0.15) is 47.0 Å². The summed E-state index contributed by atoms with van der Waals surface area (Å²) in [5, 5.41) is 13.8. The van der Waals surface area contributed by atoms with Crippen LogP contribution in [0.4, 0.5) is 5.13 Å². The highest BCUT2D eigenvalue weighted by molar-refractivity contribution is 7.15. The summed E-state index contributed by atoms with van der Waals surface area (Å²) in [7, 11) is 0.